The number of sulfone groups is 1. The minimum atomic E-state index is -2.87. The molecule has 0 heterocycles. The molecule has 0 amide bonds. The molecular weight excluding hydrogens is 166 g/mol. The number of hydrogen-bond acceptors (Lipinski definition) is 4. The second kappa shape index (κ2) is 4.69. The van der Waals surface area contributed by atoms with Crippen LogP contribution < -0.4 is 5.32 Å². The number of hydrogen-bond donors (Lipinski definition) is 2. The molecule has 0 aliphatic rings. The fraction of sp³-hybridized carbons (Fsp3) is 1.00. The van der Waals surface area contributed by atoms with Crippen LogP contribution in [-0.4, -0.2) is 44.7 Å². The lowest BCUT2D eigenvalue weighted by molar-refractivity contribution is 0.192. The number of aliphatic hydroxyl groups is 1. The fourth-order valence-corrected chi connectivity index (χ4v) is 1.08. The molecule has 0 unspecified atom stereocenters. The standard InChI is InChI=1S/C6H15NO3S/c1-6(8)5-7-3-4-11(2,9)10/h6-8H,3-5H2,1-2H3/t6-/m1/s1. The van der Waals surface area contributed by atoms with Crippen LogP contribution in [-0.2, 0) is 9.84 Å². The molecule has 0 spiro atoms. The molecule has 0 saturated carbocycles. The molecule has 5 heteroatoms. The van der Waals surface area contributed by atoms with Gasteiger partial charge in [0.25, 0.3) is 0 Å². The Balaban J connectivity index is 3.30. The van der Waals surface area contributed by atoms with E-state index in [0.29, 0.717) is 13.1 Å². The van der Waals surface area contributed by atoms with Gasteiger partial charge in [-0.3, -0.25) is 0 Å². The monoisotopic (exact) mass is 181 g/mol. The lowest BCUT2D eigenvalue weighted by atomic mass is 10.4. The summed E-state index contributed by atoms with van der Waals surface area (Å²) in [5, 5.41) is 11.6. The summed E-state index contributed by atoms with van der Waals surface area (Å²) in [6.45, 7) is 2.49. The predicted molar refractivity (Wildman–Crippen MR) is 44.3 cm³/mol. The molecule has 0 aliphatic carbocycles. The Morgan fingerprint density at radius 1 is 1.55 bits per heavy atom. The molecule has 1 atom stereocenters. The predicted octanol–water partition coefficient (Wildman–Crippen LogP) is -0.999. The van der Waals surface area contributed by atoms with Crippen molar-refractivity contribution in [2.24, 2.45) is 0 Å². The van der Waals surface area contributed by atoms with E-state index in [0.717, 1.165) is 0 Å². The number of aliphatic hydroxyl groups excluding tert-OH is 1. The summed E-state index contributed by atoms with van der Waals surface area (Å²) in [6.07, 6.45) is 0.770. The lowest BCUT2D eigenvalue weighted by Gasteiger charge is -2.04. The summed E-state index contributed by atoms with van der Waals surface area (Å²) in [7, 11) is -2.87. The molecule has 0 aliphatic heterocycles. The van der Waals surface area contributed by atoms with Gasteiger partial charge in [0.2, 0.25) is 0 Å². The highest BCUT2D eigenvalue weighted by Gasteiger charge is 2.00. The quantitative estimate of drug-likeness (QED) is 0.534. The van der Waals surface area contributed by atoms with Crippen molar-refractivity contribution in [2.45, 2.75) is 13.0 Å². The van der Waals surface area contributed by atoms with E-state index in [4.69, 9.17) is 5.11 Å². The first-order valence-corrected chi connectivity index (χ1v) is 5.54. The smallest absolute Gasteiger partial charge is 0.148 e. The Bertz CT molecular complexity index is 186. The third-order valence-corrected chi connectivity index (χ3v) is 2.04. The molecule has 0 radical (unpaired) electrons. The first kappa shape index (κ1) is 10.9. The van der Waals surface area contributed by atoms with Gasteiger partial charge in [-0.2, -0.15) is 0 Å². The third-order valence-electron chi connectivity index (χ3n) is 1.09. The summed E-state index contributed by atoms with van der Waals surface area (Å²) < 4.78 is 21.1. The molecule has 0 rings (SSSR count). The van der Waals surface area contributed by atoms with Crippen molar-refractivity contribution < 1.29 is 13.5 Å². The van der Waals surface area contributed by atoms with Gasteiger partial charge >= 0.3 is 0 Å². The minimum Gasteiger partial charge on any atom is -0.392 e. The second-order valence-electron chi connectivity index (χ2n) is 2.68. The molecule has 0 fully saturated rings. The van der Waals surface area contributed by atoms with Crippen LogP contribution in [0.5, 0.6) is 0 Å². The molecule has 11 heavy (non-hydrogen) atoms. The van der Waals surface area contributed by atoms with Gasteiger partial charge in [0.05, 0.1) is 11.9 Å². The van der Waals surface area contributed by atoms with Gasteiger partial charge in [-0.25, -0.2) is 8.42 Å². The van der Waals surface area contributed by atoms with Crippen molar-refractivity contribution in [3.8, 4) is 0 Å². The van der Waals surface area contributed by atoms with Crippen LogP contribution in [0.25, 0.3) is 0 Å². The Morgan fingerprint density at radius 2 is 2.09 bits per heavy atom. The van der Waals surface area contributed by atoms with E-state index in [9.17, 15) is 8.42 Å². The maximum Gasteiger partial charge on any atom is 0.148 e. The Morgan fingerprint density at radius 3 is 2.45 bits per heavy atom. The zero-order chi connectivity index (χ0) is 8.91. The topological polar surface area (TPSA) is 66.4 Å². The fourth-order valence-electron chi connectivity index (χ4n) is 0.569. The van der Waals surface area contributed by atoms with E-state index >= 15 is 0 Å². The highest BCUT2D eigenvalue weighted by atomic mass is 32.2. The molecule has 0 bridgehead atoms. The zero-order valence-corrected chi connectivity index (χ0v) is 7.69. The van der Waals surface area contributed by atoms with Crippen LogP contribution in [0.1, 0.15) is 6.92 Å². The van der Waals surface area contributed by atoms with E-state index in [-0.39, 0.29) is 5.75 Å². The highest BCUT2D eigenvalue weighted by molar-refractivity contribution is 7.90. The van der Waals surface area contributed by atoms with Crippen LogP contribution in [0.4, 0.5) is 0 Å². The van der Waals surface area contributed by atoms with Crippen LogP contribution in [0.3, 0.4) is 0 Å². The average Bonchev–Trinajstić information content (AvgIpc) is 1.78. The van der Waals surface area contributed by atoms with Gasteiger partial charge in [-0.15, -0.1) is 0 Å². The summed E-state index contributed by atoms with van der Waals surface area (Å²) in [4.78, 5) is 0. The Labute approximate surface area is 67.5 Å². The van der Waals surface area contributed by atoms with Crippen molar-refractivity contribution >= 4 is 9.84 Å². The van der Waals surface area contributed by atoms with Gasteiger partial charge in [-0.05, 0) is 6.92 Å². The SMILES string of the molecule is C[C@@H](O)CNCCS(C)(=O)=O. The lowest BCUT2D eigenvalue weighted by Crippen LogP contribution is -2.28. The largest absolute Gasteiger partial charge is 0.392 e. The van der Waals surface area contributed by atoms with E-state index in [1.807, 2.05) is 0 Å². The summed E-state index contributed by atoms with van der Waals surface area (Å²) in [5.74, 6) is 0.125. The van der Waals surface area contributed by atoms with Crippen LogP contribution in [0.2, 0.25) is 0 Å². The minimum absolute atomic E-state index is 0.125. The molecule has 0 aromatic rings. The van der Waals surface area contributed by atoms with Crippen molar-refractivity contribution in [1.29, 1.82) is 0 Å². The normalized spacial score (nSPS) is 14.8. The molecule has 2 N–H and O–H groups in total. The van der Waals surface area contributed by atoms with Crippen LogP contribution >= 0.6 is 0 Å². The summed E-state index contributed by atoms with van der Waals surface area (Å²) >= 11 is 0. The average molecular weight is 181 g/mol. The molecule has 0 aromatic carbocycles. The Kier molecular flexibility index (Phi) is 4.63. The van der Waals surface area contributed by atoms with Gasteiger partial charge in [0.1, 0.15) is 9.84 Å². The highest BCUT2D eigenvalue weighted by Crippen LogP contribution is 1.80. The van der Waals surface area contributed by atoms with Gasteiger partial charge in [0.15, 0.2) is 0 Å². The van der Waals surface area contributed by atoms with Crippen molar-refractivity contribution in [3.63, 3.8) is 0 Å². The third kappa shape index (κ3) is 9.87. The Hall–Kier alpha value is -0.130. The van der Waals surface area contributed by atoms with E-state index in [1.165, 1.54) is 6.26 Å². The summed E-state index contributed by atoms with van der Waals surface area (Å²) in [5.41, 5.74) is 0. The second-order valence-corrected chi connectivity index (χ2v) is 4.94. The number of nitrogens with one attached hydrogen (secondary N) is 1. The van der Waals surface area contributed by atoms with Crippen molar-refractivity contribution in [1.82, 2.24) is 5.32 Å². The van der Waals surface area contributed by atoms with Crippen LogP contribution in [0.15, 0.2) is 0 Å². The van der Waals surface area contributed by atoms with E-state index in [1.54, 1.807) is 6.92 Å². The first-order chi connectivity index (χ1) is 4.92. The number of rotatable bonds is 5. The molecule has 0 aromatic heterocycles. The van der Waals surface area contributed by atoms with E-state index < -0.39 is 15.9 Å². The van der Waals surface area contributed by atoms with Crippen molar-refractivity contribution in [2.75, 3.05) is 25.1 Å². The molecule has 4 nitrogen and oxygen atoms in total. The first-order valence-electron chi connectivity index (χ1n) is 3.48. The summed E-state index contributed by atoms with van der Waals surface area (Å²) in [6, 6.07) is 0. The molecule has 68 valence electrons. The molecule has 0 saturated heterocycles. The van der Waals surface area contributed by atoms with Crippen molar-refractivity contribution in [3.05, 3.63) is 0 Å². The van der Waals surface area contributed by atoms with Gasteiger partial charge < -0.3 is 10.4 Å². The van der Waals surface area contributed by atoms with Gasteiger partial charge in [-0.1, -0.05) is 0 Å². The maximum absolute atomic E-state index is 10.6. The zero-order valence-electron chi connectivity index (χ0n) is 6.87. The van der Waals surface area contributed by atoms with E-state index in [2.05, 4.69) is 5.32 Å². The molecular formula is C6H15NO3S. The van der Waals surface area contributed by atoms with Gasteiger partial charge in [0, 0.05) is 19.3 Å². The van der Waals surface area contributed by atoms with Crippen LogP contribution in [0, 0.1) is 0 Å². The maximum atomic E-state index is 10.6.